The van der Waals surface area contributed by atoms with E-state index in [0.29, 0.717) is 29.7 Å². The van der Waals surface area contributed by atoms with E-state index in [1.807, 2.05) is 42.5 Å². The van der Waals surface area contributed by atoms with E-state index in [2.05, 4.69) is 5.32 Å². The molecule has 0 bridgehead atoms. The van der Waals surface area contributed by atoms with Gasteiger partial charge in [-0.25, -0.2) is 13.6 Å². The second-order valence-electron chi connectivity index (χ2n) is 6.29. The van der Waals surface area contributed by atoms with Gasteiger partial charge >= 0.3 is 0 Å². The molecule has 0 aliphatic heterocycles. The number of rotatable bonds is 8. The van der Waals surface area contributed by atoms with Crippen LogP contribution in [0.5, 0.6) is 11.5 Å². The van der Waals surface area contributed by atoms with Crippen LogP contribution in [-0.2, 0) is 23.2 Å². The number of hydrogen-bond donors (Lipinski definition) is 2. The van der Waals surface area contributed by atoms with E-state index in [0.717, 1.165) is 16.8 Å². The fourth-order valence-electron chi connectivity index (χ4n) is 2.68. The maximum atomic E-state index is 11.3. The molecule has 3 aromatic rings. The van der Waals surface area contributed by atoms with Crippen LogP contribution in [0.2, 0.25) is 5.02 Å². The molecular weight excluding hydrogens is 412 g/mol. The van der Waals surface area contributed by atoms with Crippen LogP contribution in [0.15, 0.2) is 71.6 Å². The third-order valence-electron chi connectivity index (χ3n) is 4.25. The minimum absolute atomic E-state index is 0.0738. The zero-order valence-corrected chi connectivity index (χ0v) is 17.3. The Morgan fingerprint density at radius 2 is 1.72 bits per heavy atom. The number of benzene rings is 3. The lowest BCUT2D eigenvalue weighted by Crippen LogP contribution is -2.12. The molecule has 29 heavy (non-hydrogen) atoms. The lowest BCUT2D eigenvalue weighted by molar-refractivity contribution is 0.284. The molecule has 8 heteroatoms. The monoisotopic (exact) mass is 432 g/mol. The average Bonchev–Trinajstić information content (AvgIpc) is 2.71. The molecule has 3 rings (SSSR count). The molecule has 0 aliphatic carbocycles. The van der Waals surface area contributed by atoms with E-state index in [1.54, 1.807) is 19.2 Å². The summed E-state index contributed by atoms with van der Waals surface area (Å²) in [7, 11) is -2.11. The SMILES string of the molecule is COc1cc(CNc2ccc(S(N)(=O)=O)cc2)ccc1OCc1ccccc1Cl. The van der Waals surface area contributed by atoms with Gasteiger partial charge in [-0.05, 0) is 48.0 Å². The van der Waals surface area contributed by atoms with Crippen molar-refractivity contribution in [2.45, 2.75) is 18.0 Å². The van der Waals surface area contributed by atoms with Crippen LogP contribution in [0, 0.1) is 0 Å². The van der Waals surface area contributed by atoms with Crippen LogP contribution in [-0.4, -0.2) is 15.5 Å². The fourth-order valence-corrected chi connectivity index (χ4v) is 3.38. The van der Waals surface area contributed by atoms with Gasteiger partial charge in [-0.1, -0.05) is 35.9 Å². The van der Waals surface area contributed by atoms with Gasteiger partial charge in [0.15, 0.2) is 11.5 Å². The number of nitrogens with one attached hydrogen (secondary N) is 1. The lowest BCUT2D eigenvalue weighted by Gasteiger charge is -2.14. The third kappa shape index (κ3) is 5.63. The molecule has 152 valence electrons. The lowest BCUT2D eigenvalue weighted by atomic mass is 10.2. The molecule has 0 radical (unpaired) electrons. The number of nitrogens with two attached hydrogens (primary N) is 1. The average molecular weight is 433 g/mol. The summed E-state index contributed by atoms with van der Waals surface area (Å²) in [6.07, 6.45) is 0. The topological polar surface area (TPSA) is 90.6 Å². The van der Waals surface area contributed by atoms with Crippen molar-refractivity contribution in [2.75, 3.05) is 12.4 Å². The Morgan fingerprint density at radius 1 is 1.00 bits per heavy atom. The van der Waals surface area contributed by atoms with Gasteiger partial charge in [0.05, 0.1) is 12.0 Å². The molecule has 0 spiro atoms. The van der Waals surface area contributed by atoms with E-state index in [-0.39, 0.29) is 4.90 Å². The molecule has 0 amide bonds. The summed E-state index contributed by atoms with van der Waals surface area (Å²) in [6, 6.07) is 19.4. The van der Waals surface area contributed by atoms with Crippen molar-refractivity contribution >= 4 is 27.3 Å². The normalized spacial score (nSPS) is 11.1. The largest absolute Gasteiger partial charge is 0.493 e. The second kappa shape index (κ2) is 9.17. The van der Waals surface area contributed by atoms with Crippen LogP contribution in [0.25, 0.3) is 0 Å². The third-order valence-corrected chi connectivity index (χ3v) is 5.55. The van der Waals surface area contributed by atoms with Gasteiger partial charge < -0.3 is 14.8 Å². The number of ether oxygens (including phenoxy) is 2. The van der Waals surface area contributed by atoms with E-state index in [9.17, 15) is 8.42 Å². The predicted molar refractivity (Wildman–Crippen MR) is 114 cm³/mol. The molecule has 6 nitrogen and oxygen atoms in total. The molecule has 0 aliphatic rings. The highest BCUT2D eigenvalue weighted by Gasteiger charge is 2.09. The first kappa shape index (κ1) is 21.0. The summed E-state index contributed by atoms with van der Waals surface area (Å²) < 4.78 is 33.9. The van der Waals surface area contributed by atoms with Gasteiger partial charge in [-0.15, -0.1) is 0 Å². The minimum Gasteiger partial charge on any atom is -0.493 e. The van der Waals surface area contributed by atoms with E-state index in [1.165, 1.54) is 12.1 Å². The first-order valence-corrected chi connectivity index (χ1v) is 10.7. The van der Waals surface area contributed by atoms with Crippen molar-refractivity contribution < 1.29 is 17.9 Å². The summed E-state index contributed by atoms with van der Waals surface area (Å²) in [5, 5.41) is 8.99. The molecule has 0 saturated carbocycles. The number of anilines is 1. The van der Waals surface area contributed by atoms with Crippen LogP contribution in [0.3, 0.4) is 0 Å². The Morgan fingerprint density at radius 3 is 2.38 bits per heavy atom. The Bertz CT molecular complexity index is 1090. The molecule has 0 aromatic heterocycles. The quantitative estimate of drug-likeness (QED) is 0.557. The van der Waals surface area contributed by atoms with Crippen molar-refractivity contribution in [1.82, 2.24) is 0 Å². The molecule has 3 aromatic carbocycles. The van der Waals surface area contributed by atoms with Gasteiger partial charge in [0.2, 0.25) is 10.0 Å². The standard InChI is InChI=1S/C21H21ClN2O4S/c1-27-21-12-15(13-24-17-7-9-18(10-8-17)29(23,25)26)6-11-20(21)28-14-16-4-2-3-5-19(16)22/h2-12,24H,13-14H2,1H3,(H2,23,25,26). The first-order valence-electron chi connectivity index (χ1n) is 8.76. The summed E-state index contributed by atoms with van der Waals surface area (Å²) >= 11 is 6.16. The van der Waals surface area contributed by atoms with Crippen LogP contribution >= 0.6 is 11.6 Å². The highest BCUT2D eigenvalue weighted by molar-refractivity contribution is 7.89. The zero-order valence-electron chi connectivity index (χ0n) is 15.8. The van der Waals surface area contributed by atoms with Crippen LogP contribution < -0.4 is 19.9 Å². The molecule has 0 saturated heterocycles. The van der Waals surface area contributed by atoms with Crippen LogP contribution in [0.1, 0.15) is 11.1 Å². The van der Waals surface area contributed by atoms with Gasteiger partial charge in [0.25, 0.3) is 0 Å². The maximum Gasteiger partial charge on any atom is 0.238 e. The number of hydrogen-bond acceptors (Lipinski definition) is 5. The Balaban J connectivity index is 1.64. The van der Waals surface area contributed by atoms with Crippen molar-refractivity contribution in [2.24, 2.45) is 5.14 Å². The number of primary sulfonamides is 1. The highest BCUT2D eigenvalue weighted by Crippen LogP contribution is 2.30. The number of sulfonamides is 1. The summed E-state index contributed by atoms with van der Waals surface area (Å²) in [5.74, 6) is 1.23. The van der Waals surface area contributed by atoms with E-state index in [4.69, 9.17) is 26.2 Å². The molecule has 0 fully saturated rings. The smallest absolute Gasteiger partial charge is 0.238 e. The summed E-state index contributed by atoms with van der Waals surface area (Å²) in [6.45, 7) is 0.861. The number of methoxy groups -OCH3 is 1. The summed E-state index contributed by atoms with van der Waals surface area (Å²) in [5.41, 5.74) is 2.64. The molecule has 0 heterocycles. The summed E-state index contributed by atoms with van der Waals surface area (Å²) in [4.78, 5) is 0.0738. The van der Waals surface area contributed by atoms with Gasteiger partial charge in [0.1, 0.15) is 6.61 Å². The fraction of sp³-hybridized carbons (Fsp3) is 0.143. The minimum atomic E-state index is -3.70. The van der Waals surface area contributed by atoms with Crippen molar-refractivity contribution in [3.63, 3.8) is 0 Å². The molecule has 3 N–H and O–H groups in total. The van der Waals surface area contributed by atoms with Gasteiger partial charge in [0, 0.05) is 22.8 Å². The van der Waals surface area contributed by atoms with Crippen LogP contribution in [0.4, 0.5) is 5.69 Å². The Kier molecular flexibility index (Phi) is 6.64. The predicted octanol–water partition coefficient (Wildman–Crippen LogP) is 4.19. The molecule has 0 atom stereocenters. The van der Waals surface area contributed by atoms with Crippen molar-refractivity contribution in [3.05, 3.63) is 82.9 Å². The van der Waals surface area contributed by atoms with Crippen molar-refractivity contribution in [1.29, 1.82) is 0 Å². The highest BCUT2D eigenvalue weighted by atomic mass is 35.5. The van der Waals surface area contributed by atoms with Gasteiger partial charge in [-0.3, -0.25) is 0 Å². The Labute approximate surface area is 175 Å². The first-order chi connectivity index (χ1) is 13.9. The second-order valence-corrected chi connectivity index (χ2v) is 8.26. The molecule has 0 unspecified atom stereocenters. The zero-order chi connectivity index (χ0) is 20.9. The number of halogens is 1. The van der Waals surface area contributed by atoms with E-state index < -0.39 is 10.0 Å². The van der Waals surface area contributed by atoms with Crippen molar-refractivity contribution in [3.8, 4) is 11.5 Å². The maximum absolute atomic E-state index is 11.3. The van der Waals surface area contributed by atoms with E-state index >= 15 is 0 Å². The Hall–Kier alpha value is -2.74. The van der Waals surface area contributed by atoms with Gasteiger partial charge in [-0.2, -0.15) is 0 Å². The molecular formula is C21H21ClN2O4S.